The predicted molar refractivity (Wildman–Crippen MR) is 133 cm³/mol. The van der Waals surface area contributed by atoms with Crippen molar-refractivity contribution < 1.29 is 24.1 Å². The molecule has 188 valence electrons. The molecule has 2 heterocycles. The van der Waals surface area contributed by atoms with Crippen LogP contribution in [0.2, 0.25) is 0 Å². The van der Waals surface area contributed by atoms with Crippen LogP contribution in [0.25, 0.3) is 0 Å². The highest BCUT2D eigenvalue weighted by atomic mass is 16.5. The van der Waals surface area contributed by atoms with Crippen LogP contribution in [0.15, 0.2) is 54.9 Å². The van der Waals surface area contributed by atoms with E-state index in [1.54, 1.807) is 7.11 Å². The van der Waals surface area contributed by atoms with E-state index in [-0.39, 0.29) is 13.2 Å². The van der Waals surface area contributed by atoms with Gasteiger partial charge in [-0.3, -0.25) is 9.58 Å². The van der Waals surface area contributed by atoms with Gasteiger partial charge in [0.15, 0.2) is 11.5 Å². The topological polar surface area (TPSA) is 78.2 Å². The van der Waals surface area contributed by atoms with Gasteiger partial charge in [0.2, 0.25) is 0 Å². The standard InChI is InChI=1S/C27H35N3O5/c1-21-5-4-6-24(13-21)35-20-27(31)18-29(9-11-33-19-27)17-23-7-8-25(26(14-23)32-3)34-12-10-30-16-22(2)15-28-30/h4-8,13-16,31H,9-12,17-20H2,1-3H3/t27-/m1/s1. The predicted octanol–water partition coefficient (Wildman–Crippen LogP) is 3.23. The molecule has 0 amide bonds. The van der Waals surface area contributed by atoms with Crippen LogP contribution in [0, 0.1) is 13.8 Å². The quantitative estimate of drug-likeness (QED) is 0.476. The van der Waals surface area contributed by atoms with Crippen molar-refractivity contribution in [1.82, 2.24) is 14.7 Å². The lowest BCUT2D eigenvalue weighted by atomic mass is 10.1. The zero-order valence-corrected chi connectivity index (χ0v) is 20.8. The number of aromatic nitrogens is 2. The van der Waals surface area contributed by atoms with Crippen molar-refractivity contribution in [3.8, 4) is 17.2 Å². The molecular formula is C27H35N3O5. The van der Waals surface area contributed by atoms with Crippen LogP contribution < -0.4 is 14.2 Å². The molecule has 1 aliphatic heterocycles. The Bertz CT molecular complexity index is 1100. The Balaban J connectivity index is 1.35. The summed E-state index contributed by atoms with van der Waals surface area (Å²) in [4.78, 5) is 2.18. The second kappa shape index (κ2) is 11.6. The van der Waals surface area contributed by atoms with Crippen molar-refractivity contribution in [2.45, 2.75) is 32.5 Å². The molecule has 3 aromatic rings. The number of aliphatic hydroxyl groups is 1. The third-order valence-corrected chi connectivity index (χ3v) is 5.91. The van der Waals surface area contributed by atoms with E-state index in [0.717, 1.165) is 29.0 Å². The van der Waals surface area contributed by atoms with E-state index in [0.29, 0.717) is 44.3 Å². The Morgan fingerprint density at radius 2 is 1.97 bits per heavy atom. The van der Waals surface area contributed by atoms with Crippen molar-refractivity contribution in [3.63, 3.8) is 0 Å². The number of ether oxygens (including phenoxy) is 4. The Kier molecular flexibility index (Phi) is 8.28. The second-order valence-electron chi connectivity index (χ2n) is 9.21. The molecule has 8 heteroatoms. The summed E-state index contributed by atoms with van der Waals surface area (Å²) in [6, 6.07) is 13.8. The number of β-amino-alcohol motifs (C(OH)–C–C–N with tert-alkyl or cyclic N) is 1. The molecule has 35 heavy (non-hydrogen) atoms. The molecule has 8 nitrogen and oxygen atoms in total. The van der Waals surface area contributed by atoms with Crippen LogP contribution in [-0.4, -0.2) is 72.0 Å². The number of methoxy groups -OCH3 is 1. The van der Waals surface area contributed by atoms with Crippen molar-refractivity contribution in [2.75, 3.05) is 46.6 Å². The number of hydrogen-bond acceptors (Lipinski definition) is 7. The lowest BCUT2D eigenvalue weighted by Crippen LogP contribution is -2.48. The minimum absolute atomic E-state index is 0.166. The SMILES string of the molecule is COc1cc(CN2CCOC[C@@](O)(COc3cccc(C)c3)C2)ccc1OCCn1cc(C)cn1. The maximum absolute atomic E-state index is 11.2. The Labute approximate surface area is 207 Å². The Morgan fingerprint density at radius 3 is 2.74 bits per heavy atom. The van der Waals surface area contributed by atoms with Gasteiger partial charge in [-0.25, -0.2) is 0 Å². The third-order valence-electron chi connectivity index (χ3n) is 5.91. The average Bonchev–Trinajstić information content (AvgIpc) is 3.16. The van der Waals surface area contributed by atoms with E-state index in [2.05, 4.69) is 10.00 Å². The van der Waals surface area contributed by atoms with Crippen LogP contribution >= 0.6 is 0 Å². The summed E-state index contributed by atoms with van der Waals surface area (Å²) in [6.45, 7) is 7.96. The van der Waals surface area contributed by atoms with Gasteiger partial charge in [0.25, 0.3) is 0 Å². The van der Waals surface area contributed by atoms with Gasteiger partial charge in [0.1, 0.15) is 24.6 Å². The maximum Gasteiger partial charge on any atom is 0.161 e. The van der Waals surface area contributed by atoms with Gasteiger partial charge < -0.3 is 24.1 Å². The highest BCUT2D eigenvalue weighted by Crippen LogP contribution is 2.29. The molecule has 1 atom stereocenters. The molecule has 0 radical (unpaired) electrons. The summed E-state index contributed by atoms with van der Waals surface area (Å²) in [5, 5.41) is 15.5. The average molecular weight is 482 g/mol. The molecular weight excluding hydrogens is 446 g/mol. The molecule has 0 unspecified atom stereocenters. The lowest BCUT2D eigenvalue weighted by molar-refractivity contribution is -0.0646. The first-order valence-corrected chi connectivity index (χ1v) is 11.9. The monoisotopic (exact) mass is 481 g/mol. The van der Waals surface area contributed by atoms with Crippen LogP contribution in [0.1, 0.15) is 16.7 Å². The fourth-order valence-electron chi connectivity index (χ4n) is 4.17. The Morgan fingerprint density at radius 1 is 1.09 bits per heavy atom. The summed E-state index contributed by atoms with van der Waals surface area (Å²) in [7, 11) is 1.64. The van der Waals surface area contributed by atoms with Gasteiger partial charge in [0.05, 0.1) is 33.1 Å². The van der Waals surface area contributed by atoms with E-state index in [1.807, 2.05) is 73.4 Å². The second-order valence-corrected chi connectivity index (χ2v) is 9.21. The lowest BCUT2D eigenvalue weighted by Gasteiger charge is -2.30. The fourth-order valence-corrected chi connectivity index (χ4v) is 4.17. The van der Waals surface area contributed by atoms with E-state index < -0.39 is 5.60 Å². The molecule has 1 aliphatic rings. The van der Waals surface area contributed by atoms with Crippen molar-refractivity contribution in [3.05, 3.63) is 71.5 Å². The summed E-state index contributed by atoms with van der Waals surface area (Å²) in [6.07, 6.45) is 3.82. The van der Waals surface area contributed by atoms with Gasteiger partial charge in [-0.2, -0.15) is 5.10 Å². The smallest absolute Gasteiger partial charge is 0.161 e. The number of benzene rings is 2. The molecule has 2 aromatic carbocycles. The molecule has 1 saturated heterocycles. The van der Waals surface area contributed by atoms with E-state index in [1.165, 1.54) is 0 Å². The molecule has 0 spiro atoms. The van der Waals surface area contributed by atoms with E-state index >= 15 is 0 Å². The molecule has 4 rings (SSSR count). The van der Waals surface area contributed by atoms with Crippen LogP contribution in [0.4, 0.5) is 0 Å². The first-order valence-electron chi connectivity index (χ1n) is 11.9. The van der Waals surface area contributed by atoms with E-state index in [9.17, 15) is 5.11 Å². The third kappa shape index (κ3) is 7.21. The van der Waals surface area contributed by atoms with Gasteiger partial charge >= 0.3 is 0 Å². The highest BCUT2D eigenvalue weighted by Gasteiger charge is 2.33. The largest absolute Gasteiger partial charge is 0.493 e. The molecule has 1 N–H and O–H groups in total. The maximum atomic E-state index is 11.2. The van der Waals surface area contributed by atoms with Crippen LogP contribution in [0.5, 0.6) is 17.2 Å². The molecule has 0 saturated carbocycles. The molecule has 1 aromatic heterocycles. The van der Waals surface area contributed by atoms with Crippen LogP contribution in [-0.2, 0) is 17.8 Å². The summed E-state index contributed by atoms with van der Waals surface area (Å²) >= 11 is 0. The Hall–Kier alpha value is -3.07. The zero-order valence-electron chi connectivity index (χ0n) is 20.8. The summed E-state index contributed by atoms with van der Waals surface area (Å²) in [5.74, 6) is 2.13. The first-order chi connectivity index (χ1) is 16.9. The molecule has 0 aliphatic carbocycles. The van der Waals surface area contributed by atoms with Gasteiger partial charge in [-0.1, -0.05) is 18.2 Å². The zero-order chi connectivity index (χ0) is 24.7. The van der Waals surface area contributed by atoms with Crippen molar-refractivity contribution >= 4 is 0 Å². The number of nitrogens with zero attached hydrogens (tertiary/aromatic N) is 3. The van der Waals surface area contributed by atoms with Gasteiger partial charge in [0, 0.05) is 25.8 Å². The van der Waals surface area contributed by atoms with Crippen LogP contribution in [0.3, 0.4) is 0 Å². The summed E-state index contributed by atoms with van der Waals surface area (Å²) < 4.78 is 25.0. The number of rotatable bonds is 10. The first kappa shape index (κ1) is 25.0. The fraction of sp³-hybridized carbons (Fsp3) is 0.444. The number of aryl methyl sites for hydroxylation is 2. The van der Waals surface area contributed by atoms with Crippen molar-refractivity contribution in [1.29, 1.82) is 0 Å². The van der Waals surface area contributed by atoms with Crippen molar-refractivity contribution in [2.24, 2.45) is 0 Å². The minimum Gasteiger partial charge on any atom is -0.493 e. The number of hydrogen-bond donors (Lipinski definition) is 1. The normalized spacial score (nSPS) is 18.7. The minimum atomic E-state index is -1.10. The van der Waals surface area contributed by atoms with Gasteiger partial charge in [-0.05, 0) is 54.8 Å². The summed E-state index contributed by atoms with van der Waals surface area (Å²) in [5.41, 5.74) is 2.21. The van der Waals surface area contributed by atoms with E-state index in [4.69, 9.17) is 18.9 Å². The molecule has 1 fully saturated rings. The van der Waals surface area contributed by atoms with Gasteiger partial charge in [-0.15, -0.1) is 0 Å². The molecule has 0 bridgehead atoms. The highest BCUT2D eigenvalue weighted by molar-refractivity contribution is 5.43.